The molecule has 4 rings (SSSR count). The Hall–Kier alpha value is -3.08. The second kappa shape index (κ2) is 8.22. The number of hydrogen-bond donors (Lipinski definition) is 1. The van der Waals surface area contributed by atoms with Crippen LogP contribution in [-0.4, -0.2) is 33.4 Å². The van der Waals surface area contributed by atoms with Crippen molar-refractivity contribution in [1.82, 2.24) is 14.8 Å². The van der Waals surface area contributed by atoms with Crippen LogP contribution in [0.4, 0.5) is 0 Å². The van der Waals surface area contributed by atoms with E-state index in [0.29, 0.717) is 31.2 Å². The summed E-state index contributed by atoms with van der Waals surface area (Å²) in [7, 11) is 0. The molecule has 2 amide bonds. The van der Waals surface area contributed by atoms with Crippen molar-refractivity contribution in [3.8, 4) is 0 Å². The number of nitrogens with zero attached hydrogens (tertiary/aromatic N) is 2. The number of benzene rings is 2. The fourth-order valence-corrected chi connectivity index (χ4v) is 4.38. The summed E-state index contributed by atoms with van der Waals surface area (Å²) in [5, 5.41) is 4.12. The summed E-state index contributed by atoms with van der Waals surface area (Å²) in [5.74, 6) is 0.301. The first kappa shape index (κ1) is 21.2. The Morgan fingerprint density at radius 3 is 2.58 bits per heavy atom. The smallest absolute Gasteiger partial charge is 0.271 e. The van der Waals surface area contributed by atoms with Crippen LogP contribution in [-0.2, 0) is 17.9 Å². The number of hydrogen-bond acceptors (Lipinski definition) is 2. The average molecular weight is 418 g/mol. The van der Waals surface area contributed by atoms with Crippen LogP contribution in [0, 0.1) is 12.8 Å². The van der Waals surface area contributed by atoms with Gasteiger partial charge in [-0.2, -0.15) is 0 Å². The van der Waals surface area contributed by atoms with E-state index in [1.165, 1.54) is 0 Å². The molecule has 1 N–H and O–H groups in total. The quantitative estimate of drug-likeness (QED) is 0.641. The molecule has 5 heteroatoms. The molecule has 0 unspecified atom stereocenters. The Labute approximate surface area is 184 Å². The van der Waals surface area contributed by atoms with Gasteiger partial charge in [0.25, 0.3) is 5.91 Å². The van der Waals surface area contributed by atoms with Gasteiger partial charge in [-0.05, 0) is 49.4 Å². The highest BCUT2D eigenvalue weighted by Crippen LogP contribution is 2.33. The highest BCUT2D eigenvalue weighted by atomic mass is 16.2. The fraction of sp³-hybridized carbons (Fsp3) is 0.385. The summed E-state index contributed by atoms with van der Waals surface area (Å²) < 4.78 is 2.01. The summed E-state index contributed by atoms with van der Waals surface area (Å²) in [4.78, 5) is 29.0. The Bertz CT molecular complexity index is 1130. The molecule has 162 valence electrons. The van der Waals surface area contributed by atoms with E-state index >= 15 is 0 Å². The van der Waals surface area contributed by atoms with E-state index in [0.717, 1.165) is 28.5 Å². The maximum absolute atomic E-state index is 13.7. The molecule has 0 aliphatic carbocycles. The number of carbonyl (C=O) groups excluding carboxylic acids is 2. The minimum atomic E-state index is -0.981. The van der Waals surface area contributed by atoms with Gasteiger partial charge in [0.1, 0.15) is 11.2 Å². The molecule has 3 aromatic rings. The number of rotatable bonds is 6. The SMILES string of the molecule is Cc1ccccc1CN1C(=O)c2cc3ccccc3n2C[C@]1(C)C(=O)NCCC(C)C. The zero-order valence-electron chi connectivity index (χ0n) is 18.8. The van der Waals surface area contributed by atoms with Crippen molar-refractivity contribution in [2.24, 2.45) is 5.92 Å². The molecule has 1 aromatic heterocycles. The standard InChI is InChI=1S/C26H31N3O2/c1-18(2)13-14-27-25(31)26(4)17-28-22-12-8-7-10-20(22)15-23(28)24(30)29(26)16-21-11-6-5-9-19(21)3/h5-12,15,18H,13-14,16-17H2,1-4H3,(H,27,31)/t26-/m1/s1. The number of aryl methyl sites for hydroxylation is 1. The first-order chi connectivity index (χ1) is 14.8. The topological polar surface area (TPSA) is 54.3 Å². The largest absolute Gasteiger partial charge is 0.354 e. The third-order valence-corrected chi connectivity index (χ3v) is 6.42. The lowest BCUT2D eigenvalue weighted by Crippen LogP contribution is -2.63. The number of fused-ring (bicyclic) bond motifs is 3. The van der Waals surface area contributed by atoms with Crippen LogP contribution >= 0.6 is 0 Å². The zero-order chi connectivity index (χ0) is 22.2. The second-order valence-electron chi connectivity index (χ2n) is 9.20. The van der Waals surface area contributed by atoms with Gasteiger partial charge in [0.15, 0.2) is 0 Å². The van der Waals surface area contributed by atoms with Gasteiger partial charge in [-0.1, -0.05) is 56.3 Å². The Morgan fingerprint density at radius 2 is 1.84 bits per heavy atom. The van der Waals surface area contributed by atoms with Gasteiger partial charge in [-0.25, -0.2) is 0 Å². The van der Waals surface area contributed by atoms with E-state index in [4.69, 9.17) is 0 Å². The van der Waals surface area contributed by atoms with Crippen molar-refractivity contribution in [2.45, 2.75) is 52.7 Å². The summed E-state index contributed by atoms with van der Waals surface area (Å²) >= 11 is 0. The monoisotopic (exact) mass is 417 g/mol. The van der Waals surface area contributed by atoms with Crippen molar-refractivity contribution in [1.29, 1.82) is 0 Å². The number of aromatic nitrogens is 1. The lowest BCUT2D eigenvalue weighted by atomic mass is 9.93. The maximum Gasteiger partial charge on any atom is 0.271 e. The van der Waals surface area contributed by atoms with Crippen molar-refractivity contribution in [3.63, 3.8) is 0 Å². The highest BCUT2D eigenvalue weighted by molar-refractivity contribution is 6.03. The zero-order valence-corrected chi connectivity index (χ0v) is 18.8. The van der Waals surface area contributed by atoms with Gasteiger partial charge in [0.2, 0.25) is 5.91 Å². The third kappa shape index (κ3) is 3.85. The van der Waals surface area contributed by atoms with E-state index in [2.05, 4.69) is 19.2 Å². The molecule has 0 radical (unpaired) electrons. The van der Waals surface area contributed by atoms with Crippen LogP contribution in [0.5, 0.6) is 0 Å². The van der Waals surface area contributed by atoms with Crippen molar-refractivity contribution < 1.29 is 9.59 Å². The molecule has 0 bridgehead atoms. The number of carbonyl (C=O) groups is 2. The molecule has 1 atom stereocenters. The van der Waals surface area contributed by atoms with E-state index in [9.17, 15) is 9.59 Å². The van der Waals surface area contributed by atoms with Gasteiger partial charge < -0.3 is 14.8 Å². The van der Waals surface area contributed by atoms with Gasteiger partial charge >= 0.3 is 0 Å². The molecule has 2 heterocycles. The summed E-state index contributed by atoms with van der Waals surface area (Å²) in [6.07, 6.45) is 0.908. The molecule has 0 spiro atoms. The molecule has 0 saturated heterocycles. The van der Waals surface area contributed by atoms with Crippen LogP contribution in [0.25, 0.3) is 10.9 Å². The van der Waals surface area contributed by atoms with Gasteiger partial charge in [-0.3, -0.25) is 9.59 Å². The van der Waals surface area contributed by atoms with E-state index in [-0.39, 0.29) is 11.8 Å². The van der Waals surface area contributed by atoms with Crippen molar-refractivity contribution in [2.75, 3.05) is 6.54 Å². The molecular weight excluding hydrogens is 386 g/mol. The molecule has 0 saturated carbocycles. The van der Waals surface area contributed by atoms with E-state index in [1.807, 2.05) is 73.0 Å². The molecule has 2 aromatic carbocycles. The lowest BCUT2D eigenvalue weighted by molar-refractivity contribution is -0.133. The van der Waals surface area contributed by atoms with Crippen LogP contribution < -0.4 is 5.32 Å². The van der Waals surface area contributed by atoms with Crippen LogP contribution in [0.2, 0.25) is 0 Å². The maximum atomic E-state index is 13.7. The van der Waals surface area contributed by atoms with E-state index in [1.54, 1.807) is 4.90 Å². The lowest BCUT2D eigenvalue weighted by Gasteiger charge is -2.44. The molecule has 5 nitrogen and oxygen atoms in total. The number of nitrogens with one attached hydrogen (secondary N) is 1. The number of amides is 2. The Kier molecular flexibility index (Phi) is 5.61. The summed E-state index contributed by atoms with van der Waals surface area (Å²) in [5.41, 5.74) is 2.82. The molecular formula is C26H31N3O2. The summed E-state index contributed by atoms with van der Waals surface area (Å²) in [6.45, 7) is 9.66. The molecule has 0 fully saturated rings. The molecule has 1 aliphatic heterocycles. The normalized spacial score (nSPS) is 18.5. The fourth-order valence-electron chi connectivity index (χ4n) is 4.38. The van der Waals surface area contributed by atoms with Crippen molar-refractivity contribution >= 4 is 22.7 Å². The van der Waals surface area contributed by atoms with Gasteiger partial charge in [0, 0.05) is 24.0 Å². The average Bonchev–Trinajstić information content (AvgIpc) is 3.10. The number of para-hydroxylation sites is 1. The van der Waals surface area contributed by atoms with Gasteiger partial charge in [-0.15, -0.1) is 0 Å². The summed E-state index contributed by atoms with van der Waals surface area (Å²) in [6, 6.07) is 18.0. The Morgan fingerprint density at radius 1 is 1.13 bits per heavy atom. The second-order valence-corrected chi connectivity index (χ2v) is 9.20. The van der Waals surface area contributed by atoms with Crippen molar-refractivity contribution in [3.05, 3.63) is 71.4 Å². The van der Waals surface area contributed by atoms with Crippen LogP contribution in [0.15, 0.2) is 54.6 Å². The van der Waals surface area contributed by atoms with E-state index < -0.39 is 5.54 Å². The van der Waals surface area contributed by atoms with Gasteiger partial charge in [0.05, 0.1) is 6.54 Å². The molecule has 1 aliphatic rings. The predicted octanol–water partition coefficient (Wildman–Crippen LogP) is 4.53. The third-order valence-electron chi connectivity index (χ3n) is 6.42. The predicted molar refractivity (Wildman–Crippen MR) is 124 cm³/mol. The minimum Gasteiger partial charge on any atom is -0.354 e. The minimum absolute atomic E-state index is 0.0986. The van der Waals surface area contributed by atoms with Crippen LogP contribution in [0.1, 0.15) is 48.8 Å². The first-order valence-electron chi connectivity index (χ1n) is 11.0. The first-order valence-corrected chi connectivity index (χ1v) is 11.0. The highest BCUT2D eigenvalue weighted by Gasteiger charge is 2.47. The molecule has 31 heavy (non-hydrogen) atoms. The Balaban J connectivity index is 1.76. The van der Waals surface area contributed by atoms with Crippen LogP contribution in [0.3, 0.4) is 0 Å².